The van der Waals surface area contributed by atoms with Crippen molar-refractivity contribution in [2.24, 2.45) is 0 Å². The second kappa shape index (κ2) is 6.18. The molecule has 5 nitrogen and oxygen atoms in total. The molecular formula is C18H21NO4. The highest BCUT2D eigenvalue weighted by molar-refractivity contribution is 5.90. The van der Waals surface area contributed by atoms with Crippen molar-refractivity contribution in [3.8, 4) is 0 Å². The van der Waals surface area contributed by atoms with Crippen molar-refractivity contribution in [3.05, 3.63) is 58.5 Å². The van der Waals surface area contributed by atoms with Gasteiger partial charge >= 0.3 is 5.97 Å². The quantitative estimate of drug-likeness (QED) is 0.828. The van der Waals surface area contributed by atoms with E-state index in [-0.39, 0.29) is 6.61 Å². The van der Waals surface area contributed by atoms with Crippen molar-refractivity contribution in [1.29, 1.82) is 0 Å². The van der Waals surface area contributed by atoms with Crippen LogP contribution in [0.15, 0.2) is 34.7 Å². The molecule has 0 saturated heterocycles. The maximum atomic E-state index is 11.6. The van der Waals surface area contributed by atoms with Gasteiger partial charge in [-0.25, -0.2) is 4.79 Å². The lowest BCUT2D eigenvalue weighted by Crippen LogP contribution is -2.43. The average molecular weight is 315 g/mol. The van der Waals surface area contributed by atoms with E-state index < -0.39 is 11.5 Å². The van der Waals surface area contributed by atoms with Gasteiger partial charge in [0, 0.05) is 0 Å². The molecule has 1 aromatic carbocycles. The third-order valence-corrected chi connectivity index (χ3v) is 4.60. The molecule has 0 saturated carbocycles. The van der Waals surface area contributed by atoms with Gasteiger partial charge in [0.25, 0.3) is 0 Å². The number of aryl methyl sites for hydroxylation is 2. The summed E-state index contributed by atoms with van der Waals surface area (Å²) in [5.41, 5.74) is 2.39. The van der Waals surface area contributed by atoms with E-state index in [1.54, 1.807) is 13.0 Å². The number of furan rings is 1. The number of aliphatic hydroxyl groups is 1. The summed E-state index contributed by atoms with van der Waals surface area (Å²) in [5.74, 6) is 0.791. The summed E-state index contributed by atoms with van der Waals surface area (Å²) in [6.45, 7) is 2.20. The topological polar surface area (TPSA) is 71.7 Å². The number of carbonyl (C=O) groups excluding carboxylic acids is 1. The Morgan fingerprint density at radius 1 is 1.43 bits per heavy atom. The Hall–Kier alpha value is -2.11. The van der Waals surface area contributed by atoms with E-state index in [0.29, 0.717) is 23.6 Å². The maximum absolute atomic E-state index is 11.6. The molecule has 0 unspecified atom stereocenters. The van der Waals surface area contributed by atoms with E-state index in [4.69, 9.17) is 9.15 Å². The summed E-state index contributed by atoms with van der Waals surface area (Å²) in [5, 5.41) is 13.4. The second-order valence-corrected chi connectivity index (χ2v) is 5.93. The van der Waals surface area contributed by atoms with Crippen molar-refractivity contribution in [2.45, 2.75) is 31.8 Å². The highest BCUT2D eigenvalue weighted by atomic mass is 16.5. The van der Waals surface area contributed by atoms with Crippen molar-refractivity contribution >= 4 is 5.97 Å². The molecule has 122 valence electrons. The number of rotatable bonds is 5. The highest BCUT2D eigenvalue weighted by Crippen LogP contribution is 2.36. The summed E-state index contributed by atoms with van der Waals surface area (Å²) in [6.07, 6.45) is 1.78. The molecule has 0 amide bonds. The van der Waals surface area contributed by atoms with Crippen LogP contribution in [0.2, 0.25) is 0 Å². The fraction of sp³-hybridized carbons (Fsp3) is 0.389. The predicted octanol–water partition coefficient (Wildman–Crippen LogP) is 2.30. The Morgan fingerprint density at radius 3 is 2.96 bits per heavy atom. The normalized spacial score (nSPS) is 19.6. The molecule has 1 aliphatic rings. The van der Waals surface area contributed by atoms with Gasteiger partial charge in [0.1, 0.15) is 17.1 Å². The number of methoxy groups -OCH3 is 1. The van der Waals surface area contributed by atoms with Crippen LogP contribution >= 0.6 is 0 Å². The van der Waals surface area contributed by atoms with Crippen LogP contribution in [0, 0.1) is 6.92 Å². The van der Waals surface area contributed by atoms with E-state index in [0.717, 1.165) is 18.4 Å². The predicted molar refractivity (Wildman–Crippen MR) is 85.2 cm³/mol. The number of fused-ring (bicyclic) bond motifs is 1. The fourth-order valence-electron chi connectivity index (χ4n) is 3.29. The first kappa shape index (κ1) is 15.8. The number of nitrogens with one attached hydrogen (secondary N) is 1. The van der Waals surface area contributed by atoms with Gasteiger partial charge in [-0.05, 0) is 37.0 Å². The van der Waals surface area contributed by atoms with Gasteiger partial charge in [-0.3, -0.25) is 5.32 Å². The summed E-state index contributed by atoms with van der Waals surface area (Å²) in [6, 6.07) is 9.85. The van der Waals surface area contributed by atoms with Crippen LogP contribution in [0.25, 0.3) is 0 Å². The van der Waals surface area contributed by atoms with Crippen molar-refractivity contribution in [1.82, 2.24) is 5.32 Å². The van der Waals surface area contributed by atoms with Gasteiger partial charge in [0.2, 0.25) is 0 Å². The minimum atomic E-state index is -0.456. The van der Waals surface area contributed by atoms with Gasteiger partial charge in [0.15, 0.2) is 0 Å². The van der Waals surface area contributed by atoms with Crippen LogP contribution in [0.4, 0.5) is 0 Å². The minimum absolute atomic E-state index is 0.0214. The molecule has 1 aromatic heterocycles. The number of hydrogen-bond donors (Lipinski definition) is 2. The first-order valence-corrected chi connectivity index (χ1v) is 7.71. The molecule has 23 heavy (non-hydrogen) atoms. The van der Waals surface area contributed by atoms with Gasteiger partial charge in [-0.1, -0.05) is 24.3 Å². The molecule has 2 N–H and O–H groups in total. The third-order valence-electron chi connectivity index (χ3n) is 4.60. The molecule has 5 heteroatoms. The second-order valence-electron chi connectivity index (χ2n) is 5.93. The number of hydrogen-bond acceptors (Lipinski definition) is 5. The average Bonchev–Trinajstić information content (AvgIpc) is 3.14. The Kier molecular flexibility index (Phi) is 4.24. The number of carbonyl (C=O) groups is 1. The molecule has 0 aliphatic heterocycles. The number of ether oxygens (including phenoxy) is 1. The van der Waals surface area contributed by atoms with Crippen LogP contribution < -0.4 is 5.32 Å². The largest absolute Gasteiger partial charge is 0.465 e. The SMILES string of the molecule is COC(=O)c1cc(CN[C@@]2(CO)CCc3ccccc32)oc1C. The van der Waals surface area contributed by atoms with E-state index in [2.05, 4.69) is 17.4 Å². The standard InChI is InChI=1S/C18H21NO4/c1-12-15(17(21)22-2)9-14(23-12)10-19-18(11-20)8-7-13-5-3-4-6-16(13)18/h3-6,9,19-20H,7-8,10-11H2,1-2H3/t18-/m1/s1. The van der Waals surface area contributed by atoms with Gasteiger partial charge in [0.05, 0.1) is 25.8 Å². The van der Waals surface area contributed by atoms with Crippen molar-refractivity contribution in [3.63, 3.8) is 0 Å². The smallest absolute Gasteiger partial charge is 0.341 e. The molecule has 0 bridgehead atoms. The third kappa shape index (κ3) is 2.78. The summed E-state index contributed by atoms with van der Waals surface area (Å²) >= 11 is 0. The highest BCUT2D eigenvalue weighted by Gasteiger charge is 2.37. The molecule has 0 radical (unpaired) electrons. The number of aliphatic hydroxyl groups excluding tert-OH is 1. The van der Waals surface area contributed by atoms with E-state index in [9.17, 15) is 9.90 Å². The molecule has 0 fully saturated rings. The first-order valence-electron chi connectivity index (χ1n) is 7.71. The van der Waals surface area contributed by atoms with Gasteiger partial charge in [-0.15, -0.1) is 0 Å². The van der Waals surface area contributed by atoms with Crippen molar-refractivity contribution < 1.29 is 19.1 Å². The zero-order chi connectivity index (χ0) is 16.4. The van der Waals surface area contributed by atoms with Crippen molar-refractivity contribution in [2.75, 3.05) is 13.7 Å². The summed E-state index contributed by atoms with van der Waals surface area (Å²) in [4.78, 5) is 11.6. The summed E-state index contributed by atoms with van der Waals surface area (Å²) in [7, 11) is 1.35. The Bertz CT molecular complexity index is 722. The zero-order valence-electron chi connectivity index (χ0n) is 13.4. The Balaban J connectivity index is 1.79. The van der Waals surface area contributed by atoms with Gasteiger partial charge in [-0.2, -0.15) is 0 Å². The van der Waals surface area contributed by atoms with Gasteiger partial charge < -0.3 is 14.3 Å². The molecule has 1 atom stereocenters. The van der Waals surface area contributed by atoms with E-state index in [1.165, 1.54) is 12.7 Å². The lowest BCUT2D eigenvalue weighted by Gasteiger charge is -2.29. The molecule has 1 heterocycles. The summed E-state index contributed by atoms with van der Waals surface area (Å²) < 4.78 is 10.4. The van der Waals surface area contributed by atoms with Crippen LogP contribution in [0.3, 0.4) is 0 Å². The Morgan fingerprint density at radius 2 is 2.22 bits per heavy atom. The van der Waals surface area contributed by atoms with E-state index in [1.807, 2.05) is 12.1 Å². The maximum Gasteiger partial charge on any atom is 0.341 e. The molecule has 1 aliphatic carbocycles. The lowest BCUT2D eigenvalue weighted by molar-refractivity contribution is 0.0599. The monoisotopic (exact) mass is 315 g/mol. The van der Waals surface area contributed by atoms with Crippen LogP contribution in [-0.2, 0) is 23.2 Å². The Labute approximate surface area is 135 Å². The molecule has 2 aromatic rings. The number of benzene rings is 1. The van der Waals surface area contributed by atoms with Crippen LogP contribution in [-0.4, -0.2) is 24.8 Å². The number of esters is 1. The zero-order valence-corrected chi connectivity index (χ0v) is 13.4. The first-order chi connectivity index (χ1) is 11.1. The molecule has 0 spiro atoms. The minimum Gasteiger partial charge on any atom is -0.465 e. The van der Waals surface area contributed by atoms with E-state index >= 15 is 0 Å². The van der Waals surface area contributed by atoms with Crippen LogP contribution in [0.5, 0.6) is 0 Å². The fourth-order valence-corrected chi connectivity index (χ4v) is 3.29. The van der Waals surface area contributed by atoms with Crippen LogP contribution in [0.1, 0.15) is 39.4 Å². The molecule has 3 rings (SSSR count). The lowest BCUT2D eigenvalue weighted by atomic mass is 9.92. The molecular weight excluding hydrogens is 294 g/mol.